The molecule has 0 nitrogen and oxygen atoms in total. The van der Waals surface area contributed by atoms with Crippen LogP contribution in [0.15, 0.2) is 84.9 Å². The molecule has 1 unspecified atom stereocenters. The van der Waals surface area contributed by atoms with E-state index in [1.54, 1.807) is 0 Å². The van der Waals surface area contributed by atoms with E-state index in [9.17, 15) is 0 Å². The van der Waals surface area contributed by atoms with Gasteiger partial charge in [0, 0.05) is 15.6 Å². The second-order valence-corrected chi connectivity index (χ2v) is 7.98. The molecule has 0 heterocycles. The molecule has 0 amide bonds. The van der Waals surface area contributed by atoms with Crippen molar-refractivity contribution in [2.45, 2.75) is 5.41 Å². The van der Waals surface area contributed by atoms with Crippen molar-refractivity contribution in [2.24, 2.45) is 0 Å². The molecule has 0 radical (unpaired) electrons. The van der Waals surface area contributed by atoms with Crippen molar-refractivity contribution in [1.29, 1.82) is 0 Å². The zero-order valence-corrected chi connectivity index (χ0v) is 15.9. The van der Waals surface area contributed by atoms with E-state index in [0.29, 0.717) is 0 Å². The molecule has 0 bridgehead atoms. The maximum absolute atomic E-state index is 6.87. The lowest BCUT2D eigenvalue weighted by Crippen LogP contribution is -2.26. The maximum atomic E-state index is 6.87. The van der Waals surface area contributed by atoms with Crippen LogP contribution in [-0.2, 0) is 5.41 Å². The number of benzene rings is 4. The first-order chi connectivity index (χ1) is 13.2. The molecule has 4 aromatic carbocycles. The molecular formula is C25H14Cl2. The summed E-state index contributed by atoms with van der Waals surface area (Å²) in [6, 6.07) is 29.7. The molecule has 1 atom stereocenters. The summed E-state index contributed by atoms with van der Waals surface area (Å²) in [5.41, 5.74) is 9.28. The molecule has 0 N–H and O–H groups in total. The summed E-state index contributed by atoms with van der Waals surface area (Å²) < 4.78 is 0. The fraction of sp³-hybridized carbons (Fsp3) is 0.0400. The van der Waals surface area contributed by atoms with Gasteiger partial charge >= 0.3 is 0 Å². The molecule has 0 fully saturated rings. The number of halogens is 2. The molecule has 2 heteroatoms. The third kappa shape index (κ3) is 1.71. The lowest BCUT2D eigenvalue weighted by molar-refractivity contribution is 0.794. The zero-order valence-electron chi connectivity index (χ0n) is 14.3. The van der Waals surface area contributed by atoms with Gasteiger partial charge in [0.05, 0.1) is 5.41 Å². The van der Waals surface area contributed by atoms with Crippen molar-refractivity contribution >= 4 is 23.2 Å². The summed E-state index contributed by atoms with van der Waals surface area (Å²) in [5.74, 6) is 0. The summed E-state index contributed by atoms with van der Waals surface area (Å²) >= 11 is 13.6. The lowest BCUT2D eigenvalue weighted by atomic mass is 9.70. The lowest BCUT2D eigenvalue weighted by Gasteiger charge is -2.31. The average Bonchev–Trinajstić information content (AvgIpc) is 3.17. The molecule has 2 aliphatic carbocycles. The quantitative estimate of drug-likeness (QED) is 0.257. The summed E-state index contributed by atoms with van der Waals surface area (Å²) in [5, 5.41) is 1.58. The van der Waals surface area contributed by atoms with E-state index < -0.39 is 5.41 Å². The predicted molar refractivity (Wildman–Crippen MR) is 113 cm³/mol. The van der Waals surface area contributed by atoms with Crippen molar-refractivity contribution < 1.29 is 0 Å². The van der Waals surface area contributed by atoms with Gasteiger partial charge in [-0.3, -0.25) is 0 Å². The molecule has 0 saturated carbocycles. The van der Waals surface area contributed by atoms with E-state index in [-0.39, 0.29) is 0 Å². The van der Waals surface area contributed by atoms with Gasteiger partial charge < -0.3 is 0 Å². The van der Waals surface area contributed by atoms with Crippen molar-refractivity contribution in [1.82, 2.24) is 0 Å². The van der Waals surface area contributed by atoms with Crippen LogP contribution in [0, 0.1) is 0 Å². The Labute approximate surface area is 168 Å². The Hall–Kier alpha value is -2.54. The van der Waals surface area contributed by atoms with E-state index in [1.807, 2.05) is 24.3 Å². The Balaban J connectivity index is 1.91. The number of hydrogen-bond donors (Lipinski definition) is 0. The van der Waals surface area contributed by atoms with Crippen LogP contribution in [0.4, 0.5) is 0 Å². The zero-order chi connectivity index (χ0) is 18.2. The highest BCUT2D eigenvalue weighted by atomic mass is 35.5. The highest BCUT2D eigenvalue weighted by Gasteiger charge is 2.52. The van der Waals surface area contributed by atoms with Gasteiger partial charge in [0.25, 0.3) is 0 Å². The fourth-order valence-corrected chi connectivity index (χ4v) is 5.75. The molecule has 0 saturated heterocycles. The van der Waals surface area contributed by atoms with Gasteiger partial charge in [-0.05, 0) is 51.1 Å². The highest BCUT2D eigenvalue weighted by Crippen LogP contribution is 2.64. The van der Waals surface area contributed by atoms with Crippen LogP contribution in [0.5, 0.6) is 0 Å². The van der Waals surface area contributed by atoms with E-state index in [4.69, 9.17) is 23.2 Å². The van der Waals surface area contributed by atoms with Gasteiger partial charge in [0.2, 0.25) is 0 Å². The third-order valence-corrected chi connectivity index (χ3v) is 6.66. The fourth-order valence-electron chi connectivity index (χ4n) is 5.15. The second-order valence-electron chi connectivity index (χ2n) is 7.17. The molecule has 1 spiro atoms. The van der Waals surface area contributed by atoms with Crippen LogP contribution in [0.25, 0.3) is 22.3 Å². The van der Waals surface area contributed by atoms with Gasteiger partial charge in [-0.15, -0.1) is 0 Å². The Bertz CT molecular complexity index is 1250. The molecule has 2 aliphatic rings. The summed E-state index contributed by atoms with van der Waals surface area (Å²) in [6.45, 7) is 0. The number of hydrogen-bond acceptors (Lipinski definition) is 0. The molecule has 4 aromatic rings. The Morgan fingerprint density at radius 3 is 1.85 bits per heavy atom. The predicted octanol–water partition coefficient (Wildman–Crippen LogP) is 7.34. The van der Waals surface area contributed by atoms with Gasteiger partial charge in [0.1, 0.15) is 0 Å². The minimum atomic E-state index is -0.416. The molecule has 0 aromatic heterocycles. The van der Waals surface area contributed by atoms with Crippen molar-refractivity contribution in [3.63, 3.8) is 0 Å². The minimum absolute atomic E-state index is 0.416. The third-order valence-electron chi connectivity index (χ3n) is 6.03. The van der Waals surface area contributed by atoms with Crippen LogP contribution in [0.3, 0.4) is 0 Å². The SMILES string of the molecule is Clc1cccc2c1-c1ccccc1C21c2ccccc2-c2cccc(Cl)c21. The first-order valence-electron chi connectivity index (χ1n) is 9.02. The molecule has 6 rings (SSSR count). The van der Waals surface area contributed by atoms with Crippen molar-refractivity contribution in [3.8, 4) is 22.3 Å². The van der Waals surface area contributed by atoms with Crippen molar-refractivity contribution in [3.05, 3.63) is 117 Å². The van der Waals surface area contributed by atoms with Crippen molar-refractivity contribution in [2.75, 3.05) is 0 Å². The molecule has 27 heavy (non-hydrogen) atoms. The van der Waals surface area contributed by atoms with E-state index >= 15 is 0 Å². The maximum Gasteiger partial charge on any atom is 0.0740 e. The first kappa shape index (κ1) is 15.5. The van der Waals surface area contributed by atoms with E-state index in [0.717, 1.165) is 15.6 Å². The Kier molecular flexibility index (Phi) is 3.02. The summed E-state index contributed by atoms with van der Waals surface area (Å²) in [7, 11) is 0. The Morgan fingerprint density at radius 1 is 0.481 bits per heavy atom. The summed E-state index contributed by atoms with van der Waals surface area (Å²) in [6.07, 6.45) is 0. The van der Waals surface area contributed by atoms with Crippen LogP contribution in [-0.4, -0.2) is 0 Å². The Morgan fingerprint density at radius 2 is 1.04 bits per heavy atom. The largest absolute Gasteiger partial charge is 0.0840 e. The first-order valence-corrected chi connectivity index (χ1v) is 9.78. The average molecular weight is 385 g/mol. The highest BCUT2D eigenvalue weighted by molar-refractivity contribution is 6.34. The van der Waals surface area contributed by atoms with Gasteiger partial charge in [-0.2, -0.15) is 0 Å². The topological polar surface area (TPSA) is 0 Å². The number of rotatable bonds is 0. The van der Waals surface area contributed by atoms with Gasteiger partial charge in [-0.25, -0.2) is 0 Å². The normalized spacial score (nSPS) is 18.1. The molecule has 0 aliphatic heterocycles. The van der Waals surface area contributed by atoms with Crippen LogP contribution >= 0.6 is 23.2 Å². The van der Waals surface area contributed by atoms with Crippen LogP contribution in [0.1, 0.15) is 22.3 Å². The standard InChI is InChI=1S/C25H14Cl2/c26-21-13-6-12-20-23(21)17-8-2-4-11-19(17)25(20)18-10-3-1-7-15(18)16-9-5-14-22(27)24(16)25/h1-14H. The van der Waals surface area contributed by atoms with Crippen LogP contribution in [0.2, 0.25) is 10.0 Å². The minimum Gasteiger partial charge on any atom is -0.0840 e. The monoisotopic (exact) mass is 384 g/mol. The van der Waals surface area contributed by atoms with Gasteiger partial charge in [-0.1, -0.05) is 96.0 Å². The second kappa shape index (κ2) is 5.25. The smallest absolute Gasteiger partial charge is 0.0740 e. The molecule has 128 valence electrons. The molecular weight excluding hydrogens is 371 g/mol. The summed E-state index contributed by atoms with van der Waals surface area (Å²) in [4.78, 5) is 0. The van der Waals surface area contributed by atoms with Crippen LogP contribution < -0.4 is 0 Å². The number of fused-ring (bicyclic) bond motifs is 10. The van der Waals surface area contributed by atoms with E-state index in [2.05, 4.69) is 60.7 Å². The van der Waals surface area contributed by atoms with Gasteiger partial charge in [0.15, 0.2) is 0 Å². The van der Waals surface area contributed by atoms with E-state index in [1.165, 1.54) is 38.9 Å².